The number of carbonyl (C=O) groups is 1. The minimum atomic E-state index is -3.50. The van der Waals surface area contributed by atoms with Crippen LogP contribution in [0.2, 0.25) is 0 Å². The van der Waals surface area contributed by atoms with Crippen molar-refractivity contribution in [2.45, 2.75) is 30.7 Å². The molecule has 6 nitrogen and oxygen atoms in total. The van der Waals surface area contributed by atoms with Crippen LogP contribution in [0.25, 0.3) is 0 Å². The highest BCUT2D eigenvalue weighted by molar-refractivity contribution is 9.10. The Labute approximate surface area is 161 Å². The van der Waals surface area contributed by atoms with Gasteiger partial charge in [-0.1, -0.05) is 22.0 Å². The largest absolute Gasteiger partial charge is 0.483 e. The molecule has 0 unspecified atom stereocenters. The van der Waals surface area contributed by atoms with E-state index in [1.807, 2.05) is 12.1 Å². The molecule has 1 fully saturated rings. The second-order valence-electron chi connectivity index (χ2n) is 6.17. The maximum atomic E-state index is 12.2. The molecular formula is C18H19BrN2O4S. The van der Waals surface area contributed by atoms with Crippen LogP contribution in [0.5, 0.6) is 5.75 Å². The van der Waals surface area contributed by atoms with Gasteiger partial charge in [0.1, 0.15) is 5.75 Å². The Hall–Kier alpha value is -1.90. The predicted octanol–water partition coefficient (Wildman–Crippen LogP) is 3.22. The van der Waals surface area contributed by atoms with E-state index in [4.69, 9.17) is 4.74 Å². The highest BCUT2D eigenvalue weighted by Gasteiger charge is 2.28. The standard InChI is InChI=1S/C18H19BrN2O4S/c1-12-9-16(26(23,24)21-14-5-6-14)7-8-17(12)25-11-18(22)20-15-4-2-3-13(19)10-15/h2-4,7-10,14,21H,5-6,11H2,1H3,(H,20,22). The van der Waals surface area contributed by atoms with E-state index >= 15 is 0 Å². The summed E-state index contributed by atoms with van der Waals surface area (Å²) in [7, 11) is -3.50. The molecule has 0 radical (unpaired) electrons. The van der Waals surface area contributed by atoms with Gasteiger partial charge in [0.05, 0.1) is 4.90 Å². The van der Waals surface area contributed by atoms with Crippen molar-refractivity contribution in [3.63, 3.8) is 0 Å². The van der Waals surface area contributed by atoms with E-state index in [2.05, 4.69) is 26.0 Å². The summed E-state index contributed by atoms with van der Waals surface area (Å²) in [6.07, 6.45) is 1.76. The number of nitrogens with one attached hydrogen (secondary N) is 2. The van der Waals surface area contributed by atoms with Crippen LogP contribution >= 0.6 is 15.9 Å². The van der Waals surface area contributed by atoms with Crippen LogP contribution in [0.3, 0.4) is 0 Å². The Bertz CT molecular complexity index is 927. The number of carbonyl (C=O) groups excluding carboxylic acids is 1. The fraction of sp³-hybridized carbons (Fsp3) is 0.278. The Morgan fingerprint density at radius 1 is 1.23 bits per heavy atom. The molecule has 2 aromatic rings. The lowest BCUT2D eigenvalue weighted by Crippen LogP contribution is -2.25. The van der Waals surface area contributed by atoms with E-state index in [1.54, 1.807) is 31.2 Å². The number of ether oxygens (including phenoxy) is 1. The number of amides is 1. The van der Waals surface area contributed by atoms with E-state index < -0.39 is 10.0 Å². The summed E-state index contributed by atoms with van der Waals surface area (Å²) >= 11 is 3.34. The smallest absolute Gasteiger partial charge is 0.262 e. The fourth-order valence-corrected chi connectivity index (χ4v) is 4.14. The molecule has 0 aromatic heterocycles. The van der Waals surface area contributed by atoms with Gasteiger partial charge in [-0.2, -0.15) is 0 Å². The maximum Gasteiger partial charge on any atom is 0.262 e. The number of hydrogen-bond acceptors (Lipinski definition) is 4. The quantitative estimate of drug-likeness (QED) is 0.694. The molecule has 138 valence electrons. The summed E-state index contributed by atoms with van der Waals surface area (Å²) in [5.74, 6) is 0.175. The van der Waals surface area contributed by atoms with E-state index in [0.717, 1.165) is 17.3 Å². The molecule has 0 aliphatic heterocycles. The van der Waals surface area contributed by atoms with Gasteiger partial charge >= 0.3 is 0 Å². The van der Waals surface area contributed by atoms with Gasteiger partial charge in [-0.3, -0.25) is 4.79 Å². The van der Waals surface area contributed by atoms with Crippen LogP contribution in [0.15, 0.2) is 51.8 Å². The van der Waals surface area contributed by atoms with Crippen LogP contribution in [0, 0.1) is 6.92 Å². The zero-order chi connectivity index (χ0) is 18.7. The van der Waals surface area contributed by atoms with Crippen molar-refractivity contribution in [1.29, 1.82) is 0 Å². The van der Waals surface area contributed by atoms with Gasteiger partial charge in [-0.05, 0) is 61.7 Å². The normalized spacial score (nSPS) is 14.1. The van der Waals surface area contributed by atoms with Crippen LogP contribution in [-0.4, -0.2) is 27.0 Å². The zero-order valence-corrected chi connectivity index (χ0v) is 16.6. The lowest BCUT2D eigenvalue weighted by Gasteiger charge is -2.12. The van der Waals surface area contributed by atoms with E-state index in [9.17, 15) is 13.2 Å². The molecule has 1 aliphatic rings. The fourth-order valence-electron chi connectivity index (χ4n) is 2.35. The van der Waals surface area contributed by atoms with Crippen LogP contribution < -0.4 is 14.8 Å². The summed E-state index contributed by atoms with van der Waals surface area (Å²) in [6, 6.07) is 11.9. The van der Waals surface area contributed by atoms with Crippen molar-refractivity contribution < 1.29 is 17.9 Å². The molecule has 0 heterocycles. The molecule has 3 rings (SSSR count). The number of benzene rings is 2. The molecule has 1 saturated carbocycles. The SMILES string of the molecule is Cc1cc(S(=O)(=O)NC2CC2)ccc1OCC(=O)Nc1cccc(Br)c1. The van der Waals surface area contributed by atoms with Crippen LogP contribution in [-0.2, 0) is 14.8 Å². The average Bonchev–Trinajstić information content (AvgIpc) is 3.37. The van der Waals surface area contributed by atoms with Gasteiger partial charge in [0.15, 0.2) is 6.61 Å². The number of anilines is 1. The Morgan fingerprint density at radius 2 is 2.00 bits per heavy atom. The minimum Gasteiger partial charge on any atom is -0.483 e. The molecule has 0 spiro atoms. The molecule has 1 amide bonds. The number of hydrogen-bond donors (Lipinski definition) is 2. The molecule has 2 N–H and O–H groups in total. The van der Waals surface area contributed by atoms with Gasteiger partial charge in [-0.25, -0.2) is 13.1 Å². The first-order chi connectivity index (χ1) is 12.3. The van der Waals surface area contributed by atoms with Gasteiger partial charge in [0.2, 0.25) is 10.0 Å². The summed E-state index contributed by atoms with van der Waals surface area (Å²) in [5, 5.41) is 2.74. The highest BCUT2D eigenvalue weighted by atomic mass is 79.9. The molecule has 26 heavy (non-hydrogen) atoms. The molecule has 0 saturated heterocycles. The number of aryl methyl sites for hydroxylation is 1. The van der Waals surface area contributed by atoms with Crippen molar-refractivity contribution in [3.8, 4) is 5.75 Å². The minimum absolute atomic E-state index is 0.0537. The van der Waals surface area contributed by atoms with Gasteiger partial charge in [0, 0.05) is 16.2 Å². The molecule has 2 aromatic carbocycles. The third-order valence-electron chi connectivity index (χ3n) is 3.82. The third-order valence-corrected chi connectivity index (χ3v) is 5.83. The van der Waals surface area contributed by atoms with Crippen molar-refractivity contribution in [1.82, 2.24) is 4.72 Å². The predicted molar refractivity (Wildman–Crippen MR) is 103 cm³/mol. The first kappa shape index (κ1) is 18.9. The van der Waals surface area contributed by atoms with Gasteiger partial charge in [-0.15, -0.1) is 0 Å². The lowest BCUT2D eigenvalue weighted by atomic mass is 10.2. The average molecular weight is 439 g/mol. The lowest BCUT2D eigenvalue weighted by molar-refractivity contribution is -0.118. The first-order valence-electron chi connectivity index (χ1n) is 8.15. The molecule has 0 bridgehead atoms. The monoisotopic (exact) mass is 438 g/mol. The summed E-state index contributed by atoms with van der Waals surface area (Å²) in [4.78, 5) is 12.2. The van der Waals surface area contributed by atoms with Crippen molar-refractivity contribution in [2.75, 3.05) is 11.9 Å². The number of sulfonamides is 1. The van der Waals surface area contributed by atoms with Crippen molar-refractivity contribution >= 4 is 37.5 Å². The Balaban J connectivity index is 1.60. The molecule has 8 heteroatoms. The summed E-state index contributed by atoms with van der Waals surface area (Å²) in [5.41, 5.74) is 1.32. The zero-order valence-electron chi connectivity index (χ0n) is 14.2. The van der Waals surface area contributed by atoms with Gasteiger partial charge in [0.25, 0.3) is 5.91 Å². The molecule has 0 atom stereocenters. The summed E-state index contributed by atoms with van der Waals surface area (Å²) < 4.78 is 33.5. The Morgan fingerprint density at radius 3 is 2.65 bits per heavy atom. The summed E-state index contributed by atoms with van der Waals surface area (Å²) in [6.45, 7) is 1.58. The van der Waals surface area contributed by atoms with Crippen LogP contribution in [0.1, 0.15) is 18.4 Å². The highest BCUT2D eigenvalue weighted by Crippen LogP contribution is 2.25. The number of halogens is 1. The Kier molecular flexibility index (Phi) is 5.64. The van der Waals surface area contributed by atoms with E-state index in [-0.39, 0.29) is 23.5 Å². The second kappa shape index (κ2) is 7.77. The third kappa shape index (κ3) is 5.06. The topological polar surface area (TPSA) is 84.5 Å². The number of rotatable bonds is 7. The first-order valence-corrected chi connectivity index (χ1v) is 10.4. The van der Waals surface area contributed by atoms with E-state index in [0.29, 0.717) is 17.0 Å². The van der Waals surface area contributed by atoms with E-state index in [1.165, 1.54) is 6.07 Å². The maximum absolute atomic E-state index is 12.2. The molecule has 1 aliphatic carbocycles. The second-order valence-corrected chi connectivity index (χ2v) is 8.80. The van der Waals surface area contributed by atoms with Gasteiger partial charge < -0.3 is 10.1 Å². The molecular weight excluding hydrogens is 420 g/mol. The van der Waals surface area contributed by atoms with Crippen LogP contribution in [0.4, 0.5) is 5.69 Å². The van der Waals surface area contributed by atoms with Crippen molar-refractivity contribution in [2.24, 2.45) is 0 Å². The van der Waals surface area contributed by atoms with Crippen molar-refractivity contribution in [3.05, 3.63) is 52.5 Å².